The van der Waals surface area contributed by atoms with Gasteiger partial charge in [-0.05, 0) is 31.9 Å². The Morgan fingerprint density at radius 2 is 2.21 bits per heavy atom. The van der Waals surface area contributed by atoms with Crippen molar-refractivity contribution >= 4 is 29.3 Å². The summed E-state index contributed by atoms with van der Waals surface area (Å²) in [5, 5.41) is 3.04. The molecule has 1 aromatic carbocycles. The van der Waals surface area contributed by atoms with Gasteiger partial charge in [-0.3, -0.25) is 9.59 Å². The molecule has 2 amide bonds. The van der Waals surface area contributed by atoms with Crippen molar-refractivity contribution in [1.29, 1.82) is 0 Å². The number of benzene rings is 1. The number of para-hydroxylation sites is 1. The quantitative estimate of drug-likeness (QED) is 0.887. The van der Waals surface area contributed by atoms with E-state index in [1.54, 1.807) is 16.7 Å². The molecular weight excluding hydrogens is 322 g/mol. The molecule has 0 radical (unpaired) electrons. The number of nitrogens with one attached hydrogen (secondary N) is 1. The van der Waals surface area contributed by atoms with Gasteiger partial charge in [-0.1, -0.05) is 18.2 Å². The van der Waals surface area contributed by atoms with Crippen LogP contribution in [0.3, 0.4) is 0 Å². The van der Waals surface area contributed by atoms with Gasteiger partial charge in [0.15, 0.2) is 0 Å². The maximum absolute atomic E-state index is 12.7. The van der Waals surface area contributed by atoms with Crippen molar-refractivity contribution in [2.45, 2.75) is 44.1 Å². The lowest BCUT2D eigenvalue weighted by atomic mass is 10.1. The highest BCUT2D eigenvalue weighted by Crippen LogP contribution is 2.47. The van der Waals surface area contributed by atoms with Crippen molar-refractivity contribution in [1.82, 2.24) is 10.2 Å². The first-order valence-electron chi connectivity index (χ1n) is 8.49. The molecule has 0 unspecified atom stereocenters. The highest BCUT2D eigenvalue weighted by Gasteiger charge is 2.52. The van der Waals surface area contributed by atoms with Gasteiger partial charge in [0.2, 0.25) is 11.8 Å². The van der Waals surface area contributed by atoms with Crippen LogP contribution in [0.4, 0.5) is 5.69 Å². The summed E-state index contributed by atoms with van der Waals surface area (Å²) in [5.74, 6) is 0.745. The Bertz CT molecular complexity index is 651. The van der Waals surface area contributed by atoms with Gasteiger partial charge in [0.05, 0.1) is 4.87 Å². The van der Waals surface area contributed by atoms with Gasteiger partial charge in [-0.2, -0.15) is 0 Å². The molecule has 2 atom stereocenters. The van der Waals surface area contributed by atoms with Crippen molar-refractivity contribution in [2.75, 3.05) is 24.2 Å². The second-order valence-electron chi connectivity index (χ2n) is 6.63. The standard InChI is InChI=1S/C18H25N3O2S/c1-4-20(3)14-8-6-5-7-13(14)11-19-17(23)15-12-24-18(2)10-9-16(22)21(15)18/h5-8,15H,4,9-12H2,1-3H3,(H,19,23)/t15-,18-/m0/s1. The molecule has 2 aliphatic rings. The molecule has 2 saturated heterocycles. The number of nitrogens with zero attached hydrogens (tertiary/aromatic N) is 2. The summed E-state index contributed by atoms with van der Waals surface area (Å²) >= 11 is 1.72. The van der Waals surface area contributed by atoms with Crippen molar-refractivity contribution in [3.05, 3.63) is 29.8 Å². The van der Waals surface area contributed by atoms with Crippen LogP contribution in [0.15, 0.2) is 24.3 Å². The number of amides is 2. The largest absolute Gasteiger partial charge is 0.375 e. The van der Waals surface area contributed by atoms with Gasteiger partial charge in [0.1, 0.15) is 6.04 Å². The Morgan fingerprint density at radius 3 is 2.96 bits per heavy atom. The predicted octanol–water partition coefficient (Wildman–Crippen LogP) is 2.21. The van der Waals surface area contributed by atoms with Gasteiger partial charge in [0.25, 0.3) is 0 Å². The number of carbonyl (C=O) groups is 2. The summed E-state index contributed by atoms with van der Waals surface area (Å²) in [7, 11) is 2.04. The molecule has 2 aliphatic heterocycles. The first-order valence-corrected chi connectivity index (χ1v) is 9.47. The van der Waals surface area contributed by atoms with Crippen LogP contribution >= 0.6 is 11.8 Å². The van der Waals surface area contributed by atoms with E-state index in [9.17, 15) is 9.59 Å². The predicted molar refractivity (Wildman–Crippen MR) is 98.0 cm³/mol. The molecule has 1 N–H and O–H groups in total. The molecule has 0 aromatic heterocycles. The lowest BCUT2D eigenvalue weighted by Crippen LogP contribution is -2.49. The van der Waals surface area contributed by atoms with Gasteiger partial charge in [0, 0.05) is 38.0 Å². The summed E-state index contributed by atoms with van der Waals surface area (Å²) < 4.78 is 0. The minimum atomic E-state index is -0.342. The fraction of sp³-hybridized carbons (Fsp3) is 0.556. The van der Waals surface area contributed by atoms with Crippen LogP contribution in [0, 0.1) is 0 Å². The highest BCUT2D eigenvalue weighted by atomic mass is 32.2. The Labute approximate surface area is 147 Å². The average molecular weight is 347 g/mol. The molecule has 6 heteroatoms. The fourth-order valence-corrected chi connectivity index (χ4v) is 4.95. The van der Waals surface area contributed by atoms with Gasteiger partial charge in [-0.25, -0.2) is 0 Å². The van der Waals surface area contributed by atoms with E-state index >= 15 is 0 Å². The molecule has 130 valence electrons. The van der Waals surface area contributed by atoms with Crippen LogP contribution in [-0.4, -0.2) is 47.0 Å². The number of thioether (sulfide) groups is 1. The summed E-state index contributed by atoms with van der Waals surface area (Å²) in [5.41, 5.74) is 2.22. The number of rotatable bonds is 5. The minimum absolute atomic E-state index is 0.0459. The second-order valence-corrected chi connectivity index (χ2v) is 8.13. The van der Waals surface area contributed by atoms with Crippen LogP contribution in [0.2, 0.25) is 0 Å². The minimum Gasteiger partial charge on any atom is -0.375 e. The van der Waals surface area contributed by atoms with E-state index in [4.69, 9.17) is 0 Å². The van der Waals surface area contributed by atoms with Gasteiger partial charge >= 0.3 is 0 Å². The van der Waals surface area contributed by atoms with Crippen LogP contribution in [0.25, 0.3) is 0 Å². The van der Waals surface area contributed by atoms with E-state index in [1.165, 1.54) is 0 Å². The molecule has 0 saturated carbocycles. The summed E-state index contributed by atoms with van der Waals surface area (Å²) in [6.07, 6.45) is 1.39. The lowest BCUT2D eigenvalue weighted by molar-refractivity contribution is -0.138. The summed E-state index contributed by atoms with van der Waals surface area (Å²) in [6.45, 7) is 5.57. The van der Waals surface area contributed by atoms with Crippen molar-refractivity contribution in [3.63, 3.8) is 0 Å². The SMILES string of the molecule is CCN(C)c1ccccc1CNC(=O)[C@@H]1CS[C@@]2(C)CCC(=O)N12. The Morgan fingerprint density at radius 1 is 1.46 bits per heavy atom. The number of hydrogen-bond donors (Lipinski definition) is 1. The summed E-state index contributed by atoms with van der Waals surface area (Å²) in [4.78, 5) is 28.6. The smallest absolute Gasteiger partial charge is 0.243 e. The maximum atomic E-state index is 12.7. The number of carbonyl (C=O) groups excluding carboxylic acids is 2. The third-order valence-electron chi connectivity index (χ3n) is 5.08. The molecule has 5 nitrogen and oxygen atoms in total. The fourth-order valence-electron chi connectivity index (χ4n) is 3.52. The molecule has 0 aliphatic carbocycles. The zero-order valence-electron chi connectivity index (χ0n) is 14.5. The van der Waals surface area contributed by atoms with E-state index < -0.39 is 0 Å². The zero-order valence-corrected chi connectivity index (χ0v) is 15.4. The van der Waals surface area contributed by atoms with E-state index in [0.29, 0.717) is 18.7 Å². The number of anilines is 1. The molecule has 1 aromatic rings. The molecule has 0 spiro atoms. The molecule has 2 heterocycles. The summed E-state index contributed by atoms with van der Waals surface area (Å²) in [6, 6.07) is 7.76. The van der Waals surface area contributed by atoms with E-state index in [0.717, 1.165) is 24.2 Å². The van der Waals surface area contributed by atoms with Gasteiger partial charge in [-0.15, -0.1) is 11.8 Å². The van der Waals surface area contributed by atoms with Crippen LogP contribution < -0.4 is 10.2 Å². The van der Waals surface area contributed by atoms with Crippen molar-refractivity contribution < 1.29 is 9.59 Å². The van der Waals surface area contributed by atoms with Gasteiger partial charge < -0.3 is 15.1 Å². The van der Waals surface area contributed by atoms with Crippen LogP contribution in [0.5, 0.6) is 0 Å². The first-order chi connectivity index (χ1) is 11.5. The molecule has 24 heavy (non-hydrogen) atoms. The molecule has 3 rings (SSSR count). The maximum Gasteiger partial charge on any atom is 0.243 e. The highest BCUT2D eigenvalue weighted by molar-refractivity contribution is 8.01. The van der Waals surface area contributed by atoms with E-state index in [-0.39, 0.29) is 22.7 Å². The van der Waals surface area contributed by atoms with Crippen LogP contribution in [-0.2, 0) is 16.1 Å². The number of fused-ring (bicyclic) bond motifs is 1. The Hall–Kier alpha value is -1.69. The molecular formula is C18H25N3O2S. The average Bonchev–Trinajstić information content (AvgIpc) is 3.08. The van der Waals surface area contributed by atoms with E-state index in [1.807, 2.05) is 25.2 Å². The monoisotopic (exact) mass is 347 g/mol. The topological polar surface area (TPSA) is 52.7 Å². The second kappa shape index (κ2) is 6.67. The van der Waals surface area contributed by atoms with Crippen molar-refractivity contribution in [3.8, 4) is 0 Å². The van der Waals surface area contributed by atoms with E-state index in [2.05, 4.69) is 30.1 Å². The Balaban J connectivity index is 1.68. The van der Waals surface area contributed by atoms with Crippen molar-refractivity contribution in [2.24, 2.45) is 0 Å². The zero-order chi connectivity index (χ0) is 17.3. The molecule has 0 bridgehead atoms. The lowest BCUT2D eigenvalue weighted by Gasteiger charge is -2.30. The molecule has 2 fully saturated rings. The normalized spacial score (nSPS) is 25.7. The van der Waals surface area contributed by atoms with Crippen LogP contribution in [0.1, 0.15) is 32.3 Å². The number of hydrogen-bond acceptors (Lipinski definition) is 4. The first kappa shape index (κ1) is 17.1. The third-order valence-corrected chi connectivity index (χ3v) is 6.58. The Kier molecular flexibility index (Phi) is 4.76. The third kappa shape index (κ3) is 2.99.